The maximum absolute atomic E-state index is 10.4. The summed E-state index contributed by atoms with van der Waals surface area (Å²) in [5.74, 6) is 0.167. The summed E-state index contributed by atoms with van der Waals surface area (Å²) in [5.41, 5.74) is 2.43. The van der Waals surface area contributed by atoms with E-state index in [1.54, 1.807) is 0 Å². The van der Waals surface area contributed by atoms with E-state index in [0.29, 0.717) is 13.2 Å². The van der Waals surface area contributed by atoms with E-state index < -0.39 is 6.29 Å². The second-order valence-corrected chi connectivity index (χ2v) is 11.3. The van der Waals surface area contributed by atoms with Gasteiger partial charge in [0.15, 0.2) is 6.29 Å². The lowest BCUT2D eigenvalue weighted by atomic mass is 9.95. The Hall–Kier alpha value is -1.37. The molecule has 1 fully saturated rings. The molecular formula is C28H43NO3S. The van der Waals surface area contributed by atoms with Gasteiger partial charge >= 0.3 is 0 Å². The fourth-order valence-electron chi connectivity index (χ4n) is 3.81. The molecule has 1 aliphatic rings. The van der Waals surface area contributed by atoms with Crippen molar-refractivity contribution in [3.05, 3.63) is 71.8 Å². The summed E-state index contributed by atoms with van der Waals surface area (Å²) in [7, 11) is 0. The smallest absolute Gasteiger partial charge is 0.157 e. The molecule has 0 radical (unpaired) electrons. The van der Waals surface area contributed by atoms with Gasteiger partial charge in [-0.2, -0.15) is 0 Å². The molecule has 2 aromatic rings. The van der Waals surface area contributed by atoms with Crippen LogP contribution in [0.5, 0.6) is 0 Å². The molecule has 4 nitrogen and oxygen atoms in total. The second kappa shape index (κ2) is 14.1. The largest absolute Gasteiger partial charge is 0.375 e. The second-order valence-electron chi connectivity index (χ2n) is 9.45. The molecule has 1 aliphatic heterocycles. The van der Waals surface area contributed by atoms with Crippen molar-refractivity contribution in [2.75, 3.05) is 6.61 Å². The lowest BCUT2D eigenvalue weighted by molar-refractivity contribution is -0.205. The van der Waals surface area contributed by atoms with Crippen molar-refractivity contribution >= 4 is 11.9 Å². The normalized spacial score (nSPS) is 21.9. The van der Waals surface area contributed by atoms with E-state index in [0.717, 1.165) is 24.9 Å². The standard InChI is InChI=1S/C26H37NO3S.C2H6/c1-20-15-16-24(30-25(20)28)23(19-29-18-22-13-9-6-10-14-22)27(31-26(2,3)4)17-21-11-7-5-8-12-21;1-2/h5-14,20,23-25,28H,15-19H2,1-4H3;1-2H3. The number of aliphatic hydroxyl groups is 1. The zero-order valence-electron chi connectivity index (χ0n) is 21.2. The van der Waals surface area contributed by atoms with E-state index >= 15 is 0 Å². The highest BCUT2D eigenvalue weighted by Gasteiger charge is 2.37. The van der Waals surface area contributed by atoms with Crippen LogP contribution in [0.2, 0.25) is 0 Å². The highest BCUT2D eigenvalue weighted by atomic mass is 32.2. The lowest BCUT2D eigenvalue weighted by Crippen LogP contribution is -2.49. The molecule has 4 atom stereocenters. The number of rotatable bonds is 9. The maximum atomic E-state index is 10.4. The van der Waals surface area contributed by atoms with Crippen molar-refractivity contribution < 1.29 is 14.6 Å². The topological polar surface area (TPSA) is 41.9 Å². The van der Waals surface area contributed by atoms with Gasteiger partial charge < -0.3 is 14.6 Å². The number of benzene rings is 2. The fraction of sp³-hybridized carbons (Fsp3) is 0.571. The zero-order valence-corrected chi connectivity index (χ0v) is 22.1. The monoisotopic (exact) mass is 473 g/mol. The van der Waals surface area contributed by atoms with E-state index in [1.165, 1.54) is 5.56 Å². The molecule has 33 heavy (non-hydrogen) atoms. The van der Waals surface area contributed by atoms with Crippen LogP contribution in [0.1, 0.15) is 65.5 Å². The van der Waals surface area contributed by atoms with Crippen LogP contribution in [0.15, 0.2) is 60.7 Å². The van der Waals surface area contributed by atoms with Crippen molar-refractivity contribution in [3.63, 3.8) is 0 Å². The summed E-state index contributed by atoms with van der Waals surface area (Å²) in [6, 6.07) is 20.8. The summed E-state index contributed by atoms with van der Waals surface area (Å²) in [6.45, 7) is 14.7. The van der Waals surface area contributed by atoms with Gasteiger partial charge in [0.05, 0.1) is 25.4 Å². The number of hydrogen-bond acceptors (Lipinski definition) is 5. The van der Waals surface area contributed by atoms with Crippen molar-refractivity contribution in [2.45, 2.75) is 90.7 Å². The van der Waals surface area contributed by atoms with Gasteiger partial charge in [0.2, 0.25) is 0 Å². The summed E-state index contributed by atoms with van der Waals surface area (Å²) in [6.07, 6.45) is 1.10. The van der Waals surface area contributed by atoms with Gasteiger partial charge in [-0.3, -0.25) is 0 Å². The summed E-state index contributed by atoms with van der Waals surface area (Å²) < 4.78 is 14.8. The third kappa shape index (κ3) is 9.79. The number of aliphatic hydroxyl groups excluding tert-OH is 1. The van der Waals surface area contributed by atoms with Crippen LogP contribution in [0.3, 0.4) is 0 Å². The van der Waals surface area contributed by atoms with Crippen molar-refractivity contribution in [3.8, 4) is 0 Å². The van der Waals surface area contributed by atoms with Crippen LogP contribution in [-0.2, 0) is 22.6 Å². The quantitative estimate of drug-likeness (QED) is 0.411. The molecule has 0 amide bonds. The van der Waals surface area contributed by atoms with Crippen LogP contribution in [0.25, 0.3) is 0 Å². The van der Waals surface area contributed by atoms with Crippen molar-refractivity contribution in [1.29, 1.82) is 0 Å². The Morgan fingerprint density at radius 2 is 1.58 bits per heavy atom. The molecule has 1 heterocycles. The Morgan fingerprint density at radius 1 is 1.00 bits per heavy atom. The van der Waals surface area contributed by atoms with Crippen LogP contribution in [-0.4, -0.2) is 39.2 Å². The maximum Gasteiger partial charge on any atom is 0.157 e. The average Bonchev–Trinajstić information content (AvgIpc) is 2.80. The minimum absolute atomic E-state index is 0.0373. The van der Waals surface area contributed by atoms with E-state index in [4.69, 9.17) is 9.47 Å². The predicted octanol–water partition coefficient (Wildman–Crippen LogP) is 6.68. The van der Waals surface area contributed by atoms with E-state index in [2.05, 4.69) is 61.5 Å². The van der Waals surface area contributed by atoms with Crippen molar-refractivity contribution in [2.24, 2.45) is 5.92 Å². The molecule has 0 bridgehead atoms. The molecular weight excluding hydrogens is 430 g/mol. The summed E-state index contributed by atoms with van der Waals surface area (Å²) in [4.78, 5) is 0. The molecule has 5 heteroatoms. The minimum atomic E-state index is -0.714. The average molecular weight is 474 g/mol. The van der Waals surface area contributed by atoms with E-state index in [-0.39, 0.29) is 22.8 Å². The Balaban J connectivity index is 0.00000187. The molecule has 0 spiro atoms. The molecule has 0 aromatic heterocycles. The Morgan fingerprint density at radius 3 is 2.12 bits per heavy atom. The van der Waals surface area contributed by atoms with Gasteiger partial charge in [0.1, 0.15) is 0 Å². The Bertz CT molecular complexity index is 766. The van der Waals surface area contributed by atoms with E-state index in [9.17, 15) is 5.11 Å². The summed E-state index contributed by atoms with van der Waals surface area (Å²) >= 11 is 1.84. The highest BCUT2D eigenvalue weighted by Crippen LogP contribution is 2.35. The first-order valence-corrected chi connectivity index (χ1v) is 13.0. The van der Waals surface area contributed by atoms with Gasteiger partial charge in [-0.05, 0) is 44.7 Å². The summed E-state index contributed by atoms with van der Waals surface area (Å²) in [5, 5.41) is 10.4. The highest BCUT2D eigenvalue weighted by molar-refractivity contribution is 7.98. The third-order valence-corrected chi connectivity index (χ3v) is 6.66. The van der Waals surface area contributed by atoms with Crippen molar-refractivity contribution in [1.82, 2.24) is 4.31 Å². The molecule has 1 saturated heterocycles. The minimum Gasteiger partial charge on any atom is -0.375 e. The van der Waals surface area contributed by atoms with Gasteiger partial charge in [0, 0.05) is 17.2 Å². The van der Waals surface area contributed by atoms with Crippen LogP contribution >= 0.6 is 11.9 Å². The SMILES string of the molecule is CC.CC1CCC(C(COCc2ccccc2)N(Cc2ccccc2)SC(C)(C)C)OC1O. The molecule has 4 unspecified atom stereocenters. The van der Waals surface area contributed by atoms with Gasteiger partial charge in [-0.25, -0.2) is 4.31 Å². The third-order valence-electron chi connectivity index (χ3n) is 5.48. The lowest BCUT2D eigenvalue weighted by Gasteiger charge is -2.42. The first-order chi connectivity index (χ1) is 15.8. The zero-order chi connectivity index (χ0) is 24.3. The Kier molecular flexibility index (Phi) is 11.9. The first kappa shape index (κ1) is 27.9. The Labute approximate surface area is 205 Å². The number of hydrogen-bond donors (Lipinski definition) is 1. The first-order valence-electron chi connectivity index (χ1n) is 12.3. The number of nitrogens with zero attached hydrogens (tertiary/aromatic N) is 1. The van der Waals surface area contributed by atoms with Crippen LogP contribution in [0, 0.1) is 5.92 Å². The van der Waals surface area contributed by atoms with E-state index in [1.807, 2.05) is 57.0 Å². The molecule has 0 aliphatic carbocycles. The predicted molar refractivity (Wildman–Crippen MR) is 140 cm³/mol. The van der Waals surface area contributed by atoms with Gasteiger partial charge in [-0.1, -0.05) is 93.4 Å². The van der Waals surface area contributed by atoms with Crippen LogP contribution in [0.4, 0.5) is 0 Å². The fourth-order valence-corrected chi connectivity index (χ4v) is 5.06. The molecule has 3 rings (SSSR count). The molecule has 0 saturated carbocycles. The van der Waals surface area contributed by atoms with Crippen LogP contribution < -0.4 is 0 Å². The number of ether oxygens (including phenoxy) is 2. The molecule has 1 N–H and O–H groups in total. The molecule has 2 aromatic carbocycles. The van der Waals surface area contributed by atoms with Gasteiger partial charge in [-0.15, -0.1) is 0 Å². The van der Waals surface area contributed by atoms with Gasteiger partial charge in [0.25, 0.3) is 0 Å². The molecule has 184 valence electrons.